The number of fused-ring (bicyclic) bond motifs is 3. The predicted octanol–water partition coefficient (Wildman–Crippen LogP) is 3.78. The van der Waals surface area contributed by atoms with E-state index >= 15 is 0 Å². The van der Waals surface area contributed by atoms with Crippen LogP contribution in [0.15, 0.2) is 78.2 Å². The molecule has 0 radical (unpaired) electrons. The van der Waals surface area contributed by atoms with Gasteiger partial charge in [0.05, 0.1) is 23.4 Å². The number of aryl methyl sites for hydroxylation is 1. The van der Waals surface area contributed by atoms with E-state index in [1.807, 2.05) is 48.2 Å². The van der Waals surface area contributed by atoms with Gasteiger partial charge in [0.25, 0.3) is 17.4 Å². The van der Waals surface area contributed by atoms with E-state index in [9.17, 15) is 33.9 Å². The number of hydrogen-bond acceptors (Lipinski definition) is 13. The van der Waals surface area contributed by atoms with Crippen molar-refractivity contribution < 1.29 is 29.1 Å². The molecule has 9 rings (SSSR count). The van der Waals surface area contributed by atoms with Crippen LogP contribution in [0.25, 0.3) is 16.9 Å². The van der Waals surface area contributed by atoms with Crippen molar-refractivity contribution in [3.05, 3.63) is 106 Å². The second-order valence-electron chi connectivity index (χ2n) is 16.6. The fourth-order valence-electron chi connectivity index (χ4n) is 9.16. The van der Waals surface area contributed by atoms with E-state index in [1.54, 1.807) is 29.0 Å². The molecule has 4 N–H and O–H groups in total. The van der Waals surface area contributed by atoms with Crippen molar-refractivity contribution in [3.63, 3.8) is 0 Å². The molecular formula is C46H49N11O7. The van der Waals surface area contributed by atoms with Crippen molar-refractivity contribution in [3.8, 4) is 5.82 Å². The van der Waals surface area contributed by atoms with Crippen LogP contribution in [0.4, 0.5) is 23.0 Å². The summed E-state index contributed by atoms with van der Waals surface area (Å²) >= 11 is 0. The van der Waals surface area contributed by atoms with Crippen LogP contribution in [0.3, 0.4) is 0 Å². The number of nitrogens with zero attached hydrogens (tertiary/aromatic N) is 8. The predicted molar refractivity (Wildman–Crippen MR) is 238 cm³/mol. The summed E-state index contributed by atoms with van der Waals surface area (Å²) in [4.78, 5) is 96.4. The number of carbonyl (C=O) groups is 5. The molecular weight excluding hydrogens is 819 g/mol. The number of piperidine rings is 1. The number of unbranched alkanes of at least 4 members (excludes halogenated alkanes) is 1. The smallest absolute Gasteiger partial charge is 0.278 e. The maximum Gasteiger partial charge on any atom is 0.278 e. The number of aromatic nitrogens is 5. The standard InChI is InChI=1S/C46H49N11O7/c1-3-22-55-42(61)32-27-48-45(52-40(32)57(55)35-17-11-28-19-20-46(64,4-2)39(28)50-35)49-29-12-14-30(15-13-29)53-23-25-54(26-24-53)37(59)10-5-6-21-47-33-9-7-8-31-38(33)44(63)56(43(31)62)34-16-18-36(58)51-41(34)60/h3,7-9,11-15,17,27,34,47,64H,1,4-6,10,16,18-26H2,2H3,(H,48,49,52)(H,51,58,60)/t34?,46-/m1/s1. The van der Waals surface area contributed by atoms with Crippen molar-refractivity contribution >= 4 is 63.6 Å². The summed E-state index contributed by atoms with van der Waals surface area (Å²) in [6, 6.07) is 15.6. The second-order valence-corrected chi connectivity index (χ2v) is 16.6. The molecule has 5 aromatic rings. The minimum Gasteiger partial charge on any atom is -0.384 e. The van der Waals surface area contributed by atoms with Crippen molar-refractivity contribution in [1.82, 2.24) is 39.4 Å². The molecule has 2 saturated heterocycles. The molecule has 6 heterocycles. The normalized spacial score (nSPS) is 19.5. The third kappa shape index (κ3) is 7.67. The number of allylic oxidation sites excluding steroid dienone is 1. The van der Waals surface area contributed by atoms with Gasteiger partial charge in [0.2, 0.25) is 23.7 Å². The Morgan fingerprint density at radius 3 is 2.52 bits per heavy atom. The van der Waals surface area contributed by atoms with Crippen LogP contribution in [0, 0.1) is 0 Å². The lowest BCUT2D eigenvalue weighted by Crippen LogP contribution is -2.54. The van der Waals surface area contributed by atoms with E-state index in [0.717, 1.165) is 28.3 Å². The molecule has 1 unspecified atom stereocenters. The first kappa shape index (κ1) is 42.1. The molecule has 1 aliphatic carbocycles. The molecule has 2 aromatic carbocycles. The number of aliphatic hydroxyl groups is 1. The summed E-state index contributed by atoms with van der Waals surface area (Å²) in [6.45, 7) is 9.00. The highest BCUT2D eigenvalue weighted by Gasteiger charge is 2.45. The Kier molecular flexibility index (Phi) is 11.3. The number of nitrogens with one attached hydrogen (secondary N) is 3. The summed E-state index contributed by atoms with van der Waals surface area (Å²) in [5.41, 5.74) is 3.39. The number of rotatable bonds is 14. The van der Waals surface area contributed by atoms with Crippen LogP contribution in [0.1, 0.15) is 83.8 Å². The molecule has 18 heteroatoms. The highest BCUT2D eigenvalue weighted by molar-refractivity contribution is 6.25. The van der Waals surface area contributed by atoms with Gasteiger partial charge < -0.3 is 25.5 Å². The van der Waals surface area contributed by atoms with E-state index in [2.05, 4.69) is 32.4 Å². The molecule has 0 saturated carbocycles. The van der Waals surface area contributed by atoms with Gasteiger partial charge in [-0.15, -0.1) is 6.58 Å². The highest BCUT2D eigenvalue weighted by Crippen LogP contribution is 2.39. The van der Waals surface area contributed by atoms with E-state index in [-0.39, 0.29) is 42.0 Å². The molecule has 18 nitrogen and oxygen atoms in total. The number of imide groups is 2. The third-order valence-corrected chi connectivity index (χ3v) is 12.7. The molecule has 3 aliphatic heterocycles. The highest BCUT2D eigenvalue weighted by atomic mass is 16.3. The number of benzene rings is 2. The van der Waals surface area contributed by atoms with Gasteiger partial charge in [-0.25, -0.2) is 19.3 Å². The zero-order valence-corrected chi connectivity index (χ0v) is 35.5. The van der Waals surface area contributed by atoms with Crippen LogP contribution >= 0.6 is 0 Å². The monoisotopic (exact) mass is 867 g/mol. The van der Waals surface area contributed by atoms with Crippen LogP contribution in [-0.4, -0.2) is 108 Å². The van der Waals surface area contributed by atoms with Gasteiger partial charge in [-0.1, -0.05) is 25.1 Å². The second kappa shape index (κ2) is 17.2. The number of pyridine rings is 1. The summed E-state index contributed by atoms with van der Waals surface area (Å²) < 4.78 is 3.18. The van der Waals surface area contributed by atoms with Crippen LogP contribution in [-0.2, 0) is 33.0 Å². The van der Waals surface area contributed by atoms with E-state index in [0.29, 0.717) is 99.0 Å². The molecule has 5 amide bonds. The Hall–Kier alpha value is -7.21. The number of hydrogen-bond donors (Lipinski definition) is 4. The minimum atomic E-state index is -1.03. The molecule has 3 aromatic heterocycles. The summed E-state index contributed by atoms with van der Waals surface area (Å²) in [5.74, 6) is -1.34. The zero-order chi connectivity index (χ0) is 44.7. The fourth-order valence-corrected chi connectivity index (χ4v) is 9.16. The Morgan fingerprint density at radius 2 is 1.77 bits per heavy atom. The minimum absolute atomic E-state index is 0.0520. The molecule has 64 heavy (non-hydrogen) atoms. The maximum atomic E-state index is 13.5. The average Bonchev–Trinajstić information content (AvgIpc) is 3.88. The Labute approximate surface area is 367 Å². The molecule has 0 bridgehead atoms. The SMILES string of the molecule is C=CCn1c(=O)c2cnc(Nc3ccc(N4CCN(C(=O)CCCCNc5cccc6c5C(=O)N(C5CCC(=O)NC5=O)C6=O)CC4)cc3)nc2n1-c1ccc2c(n1)[C@@](O)(CC)CC2. The topological polar surface area (TPSA) is 217 Å². The van der Waals surface area contributed by atoms with E-state index in [4.69, 9.17) is 9.97 Å². The van der Waals surface area contributed by atoms with Gasteiger partial charge in [0.1, 0.15) is 17.0 Å². The van der Waals surface area contributed by atoms with Crippen LogP contribution in [0.5, 0.6) is 0 Å². The Bertz CT molecular complexity index is 2770. The first-order valence-corrected chi connectivity index (χ1v) is 21.8. The summed E-state index contributed by atoms with van der Waals surface area (Å²) in [6.07, 6.45) is 6.83. The Balaban J connectivity index is 0.770. The quantitative estimate of drug-likeness (QED) is 0.0711. The van der Waals surface area contributed by atoms with E-state index < -0.39 is 35.3 Å². The van der Waals surface area contributed by atoms with Gasteiger partial charge >= 0.3 is 0 Å². The van der Waals surface area contributed by atoms with Crippen LogP contribution < -0.4 is 26.4 Å². The number of amides is 5. The van der Waals surface area contributed by atoms with Gasteiger partial charge in [0.15, 0.2) is 11.5 Å². The van der Waals surface area contributed by atoms with Crippen molar-refractivity contribution in [2.45, 2.75) is 76.5 Å². The number of carbonyl (C=O) groups excluding carboxylic acids is 5. The maximum absolute atomic E-state index is 13.5. The Morgan fingerprint density at radius 1 is 0.969 bits per heavy atom. The van der Waals surface area contributed by atoms with Crippen LogP contribution in [0.2, 0.25) is 0 Å². The first-order chi connectivity index (χ1) is 31.0. The zero-order valence-electron chi connectivity index (χ0n) is 35.5. The molecule has 4 aliphatic rings. The fraction of sp³-hybridized carbons (Fsp3) is 0.370. The lowest BCUT2D eigenvalue weighted by molar-refractivity contribution is -0.136. The molecule has 2 atom stereocenters. The first-order valence-electron chi connectivity index (χ1n) is 21.8. The largest absolute Gasteiger partial charge is 0.384 e. The number of anilines is 4. The van der Waals surface area contributed by atoms with Gasteiger partial charge in [0, 0.05) is 68.8 Å². The third-order valence-electron chi connectivity index (χ3n) is 12.7. The number of piperazine rings is 1. The molecule has 330 valence electrons. The molecule has 2 fully saturated rings. The van der Waals surface area contributed by atoms with Crippen molar-refractivity contribution in [2.24, 2.45) is 0 Å². The average molecular weight is 868 g/mol. The summed E-state index contributed by atoms with van der Waals surface area (Å²) in [5, 5.41) is 20.3. The van der Waals surface area contributed by atoms with Gasteiger partial charge in [-0.05, 0) is 86.6 Å². The van der Waals surface area contributed by atoms with Crippen molar-refractivity contribution in [2.75, 3.05) is 48.3 Å². The van der Waals surface area contributed by atoms with Gasteiger partial charge in [-0.2, -0.15) is 4.98 Å². The lowest BCUT2D eigenvalue weighted by atomic mass is 9.98. The molecule has 0 spiro atoms. The van der Waals surface area contributed by atoms with E-state index in [1.165, 1.54) is 10.9 Å². The lowest BCUT2D eigenvalue weighted by Gasteiger charge is -2.36. The van der Waals surface area contributed by atoms with Crippen molar-refractivity contribution in [1.29, 1.82) is 0 Å². The van der Waals surface area contributed by atoms with Gasteiger partial charge in [-0.3, -0.25) is 39.0 Å². The summed E-state index contributed by atoms with van der Waals surface area (Å²) in [7, 11) is 0.